The lowest BCUT2D eigenvalue weighted by Crippen LogP contribution is -2.19. The SMILES string of the molecule is CCOc1ccc2ccccc2c1/C=N/NC(=O)Cc1ccc([N+](=O)[O-])cc1. The van der Waals surface area contributed by atoms with Crippen LogP contribution in [0.1, 0.15) is 18.1 Å². The van der Waals surface area contributed by atoms with Crippen LogP contribution in [0, 0.1) is 10.1 Å². The Balaban J connectivity index is 1.72. The maximum atomic E-state index is 12.1. The molecule has 0 radical (unpaired) electrons. The van der Waals surface area contributed by atoms with E-state index in [4.69, 9.17) is 4.74 Å². The number of hydrogen-bond donors (Lipinski definition) is 1. The summed E-state index contributed by atoms with van der Waals surface area (Å²) in [5.41, 5.74) is 3.93. The largest absolute Gasteiger partial charge is 0.493 e. The van der Waals surface area contributed by atoms with Gasteiger partial charge in [-0.2, -0.15) is 5.10 Å². The lowest BCUT2D eigenvalue weighted by molar-refractivity contribution is -0.384. The first-order chi connectivity index (χ1) is 13.6. The van der Waals surface area contributed by atoms with E-state index in [2.05, 4.69) is 10.5 Å². The number of benzene rings is 3. The van der Waals surface area contributed by atoms with Gasteiger partial charge in [0.15, 0.2) is 0 Å². The summed E-state index contributed by atoms with van der Waals surface area (Å²) in [6.07, 6.45) is 1.64. The molecule has 0 heterocycles. The van der Waals surface area contributed by atoms with Crippen LogP contribution in [-0.2, 0) is 11.2 Å². The van der Waals surface area contributed by atoms with E-state index in [1.165, 1.54) is 12.1 Å². The first-order valence-corrected chi connectivity index (χ1v) is 8.78. The number of non-ortho nitro benzene ring substituents is 1. The summed E-state index contributed by atoms with van der Waals surface area (Å²) < 4.78 is 5.67. The number of fused-ring (bicyclic) bond motifs is 1. The highest BCUT2D eigenvalue weighted by atomic mass is 16.6. The van der Waals surface area contributed by atoms with E-state index >= 15 is 0 Å². The maximum Gasteiger partial charge on any atom is 0.269 e. The van der Waals surface area contributed by atoms with Crippen LogP contribution in [0.3, 0.4) is 0 Å². The zero-order chi connectivity index (χ0) is 19.9. The monoisotopic (exact) mass is 377 g/mol. The van der Waals surface area contributed by atoms with Gasteiger partial charge in [-0.25, -0.2) is 5.43 Å². The number of nitrogens with zero attached hydrogens (tertiary/aromatic N) is 2. The number of hydrazone groups is 1. The van der Waals surface area contributed by atoms with Crippen molar-refractivity contribution in [3.63, 3.8) is 0 Å². The molecule has 0 aliphatic carbocycles. The van der Waals surface area contributed by atoms with Crippen LogP contribution in [-0.4, -0.2) is 23.7 Å². The lowest BCUT2D eigenvalue weighted by Gasteiger charge is -2.10. The summed E-state index contributed by atoms with van der Waals surface area (Å²) >= 11 is 0. The Kier molecular flexibility index (Phi) is 5.96. The molecule has 0 atom stereocenters. The van der Waals surface area contributed by atoms with Crippen LogP contribution < -0.4 is 10.2 Å². The third-order valence-electron chi connectivity index (χ3n) is 4.13. The van der Waals surface area contributed by atoms with Crippen molar-refractivity contribution < 1.29 is 14.5 Å². The Morgan fingerprint density at radius 3 is 2.61 bits per heavy atom. The molecule has 1 amide bonds. The second-order valence-corrected chi connectivity index (χ2v) is 6.03. The highest BCUT2D eigenvalue weighted by Gasteiger charge is 2.08. The summed E-state index contributed by atoms with van der Waals surface area (Å²) in [6, 6.07) is 17.6. The first-order valence-electron chi connectivity index (χ1n) is 8.78. The Bertz CT molecular complexity index is 1030. The Morgan fingerprint density at radius 2 is 1.89 bits per heavy atom. The van der Waals surface area contributed by atoms with Crippen LogP contribution >= 0.6 is 0 Å². The molecule has 0 bridgehead atoms. The summed E-state index contributed by atoms with van der Waals surface area (Å²) in [5.74, 6) is 0.373. The van der Waals surface area contributed by atoms with Crippen molar-refractivity contribution in [1.82, 2.24) is 5.43 Å². The van der Waals surface area contributed by atoms with Crippen LogP contribution in [0.15, 0.2) is 65.8 Å². The predicted molar refractivity (Wildman–Crippen MR) is 108 cm³/mol. The molecule has 0 aliphatic rings. The molecular weight excluding hydrogens is 358 g/mol. The summed E-state index contributed by atoms with van der Waals surface area (Å²) in [7, 11) is 0. The number of ether oxygens (including phenoxy) is 1. The maximum absolute atomic E-state index is 12.1. The topological polar surface area (TPSA) is 93.8 Å². The normalized spacial score (nSPS) is 10.9. The van der Waals surface area contributed by atoms with Gasteiger partial charge in [0.05, 0.1) is 24.2 Å². The summed E-state index contributed by atoms with van der Waals surface area (Å²) in [5, 5.41) is 16.8. The fourth-order valence-electron chi connectivity index (χ4n) is 2.82. The number of amides is 1. The molecule has 1 N–H and O–H groups in total. The standard InChI is InChI=1S/C21H19N3O4/c1-2-28-20-12-9-16-5-3-4-6-18(16)19(20)14-22-23-21(25)13-15-7-10-17(11-8-15)24(26)27/h3-12,14H,2,13H2,1H3,(H,23,25)/b22-14+. The van der Waals surface area contributed by atoms with Gasteiger partial charge in [-0.1, -0.05) is 42.5 Å². The summed E-state index contributed by atoms with van der Waals surface area (Å²) in [4.78, 5) is 22.3. The molecule has 142 valence electrons. The average molecular weight is 377 g/mol. The Morgan fingerprint density at radius 1 is 1.14 bits per heavy atom. The molecule has 3 rings (SSSR count). The molecule has 7 nitrogen and oxygen atoms in total. The van der Waals surface area contributed by atoms with Crippen LogP contribution in [0.2, 0.25) is 0 Å². The van der Waals surface area contributed by atoms with Crippen LogP contribution in [0.4, 0.5) is 5.69 Å². The zero-order valence-corrected chi connectivity index (χ0v) is 15.3. The molecule has 0 aliphatic heterocycles. The van der Waals surface area contributed by atoms with E-state index < -0.39 is 4.92 Å². The van der Waals surface area contributed by atoms with Gasteiger partial charge >= 0.3 is 0 Å². The molecule has 0 unspecified atom stereocenters. The van der Waals surface area contributed by atoms with Crippen molar-refractivity contribution in [3.8, 4) is 5.75 Å². The fourth-order valence-corrected chi connectivity index (χ4v) is 2.82. The molecule has 0 saturated heterocycles. The average Bonchev–Trinajstić information content (AvgIpc) is 2.70. The van der Waals surface area contributed by atoms with Crippen molar-refractivity contribution >= 4 is 28.6 Å². The summed E-state index contributed by atoms with van der Waals surface area (Å²) in [6.45, 7) is 2.42. The number of carbonyl (C=O) groups is 1. The molecule has 0 aromatic heterocycles. The zero-order valence-electron chi connectivity index (χ0n) is 15.3. The van der Waals surface area contributed by atoms with Gasteiger partial charge in [0, 0.05) is 17.7 Å². The van der Waals surface area contributed by atoms with Crippen LogP contribution in [0.25, 0.3) is 10.8 Å². The quantitative estimate of drug-likeness (QED) is 0.384. The van der Waals surface area contributed by atoms with Crippen molar-refractivity contribution in [1.29, 1.82) is 0 Å². The minimum absolute atomic E-state index is 0.0124. The van der Waals surface area contributed by atoms with Gasteiger partial charge in [0.1, 0.15) is 5.75 Å². The van der Waals surface area contributed by atoms with E-state index in [1.807, 2.05) is 43.3 Å². The van der Waals surface area contributed by atoms with Crippen molar-refractivity contribution in [2.24, 2.45) is 5.10 Å². The van der Waals surface area contributed by atoms with Gasteiger partial charge in [-0.3, -0.25) is 14.9 Å². The fraction of sp³-hybridized carbons (Fsp3) is 0.143. The second kappa shape index (κ2) is 8.77. The van der Waals surface area contributed by atoms with E-state index in [0.717, 1.165) is 16.3 Å². The molecule has 0 spiro atoms. The molecule has 7 heteroatoms. The number of nitro benzene ring substituents is 1. The molecule has 3 aromatic carbocycles. The van der Waals surface area contributed by atoms with Crippen molar-refractivity contribution in [2.75, 3.05) is 6.61 Å². The van der Waals surface area contributed by atoms with Gasteiger partial charge in [0.2, 0.25) is 5.91 Å². The molecule has 28 heavy (non-hydrogen) atoms. The van der Waals surface area contributed by atoms with Gasteiger partial charge in [-0.15, -0.1) is 0 Å². The third-order valence-corrected chi connectivity index (χ3v) is 4.13. The van der Waals surface area contributed by atoms with Gasteiger partial charge in [0.25, 0.3) is 5.69 Å². The molecule has 0 saturated carbocycles. The number of hydrogen-bond acceptors (Lipinski definition) is 5. The highest BCUT2D eigenvalue weighted by Crippen LogP contribution is 2.26. The number of nitrogens with one attached hydrogen (secondary N) is 1. The lowest BCUT2D eigenvalue weighted by atomic mass is 10.0. The Labute approximate surface area is 161 Å². The van der Waals surface area contributed by atoms with Gasteiger partial charge < -0.3 is 4.74 Å². The first kappa shape index (κ1) is 19.0. The van der Waals surface area contributed by atoms with E-state index in [0.29, 0.717) is 17.9 Å². The molecule has 0 fully saturated rings. The number of carbonyl (C=O) groups excluding carboxylic acids is 1. The Hall–Kier alpha value is -3.74. The minimum Gasteiger partial charge on any atom is -0.493 e. The van der Waals surface area contributed by atoms with Crippen molar-refractivity contribution in [2.45, 2.75) is 13.3 Å². The number of rotatable bonds is 7. The van der Waals surface area contributed by atoms with Gasteiger partial charge in [-0.05, 0) is 29.3 Å². The van der Waals surface area contributed by atoms with Crippen molar-refractivity contribution in [3.05, 3.63) is 81.9 Å². The molecule has 3 aromatic rings. The predicted octanol–water partition coefficient (Wildman–Crippen LogP) is 3.84. The highest BCUT2D eigenvalue weighted by molar-refractivity contribution is 6.02. The number of nitro groups is 1. The second-order valence-electron chi connectivity index (χ2n) is 6.03. The molecular formula is C21H19N3O4. The van der Waals surface area contributed by atoms with E-state index in [-0.39, 0.29) is 18.0 Å². The van der Waals surface area contributed by atoms with E-state index in [9.17, 15) is 14.9 Å². The van der Waals surface area contributed by atoms with E-state index in [1.54, 1.807) is 18.3 Å². The minimum atomic E-state index is -0.478. The van der Waals surface area contributed by atoms with Crippen LogP contribution in [0.5, 0.6) is 5.75 Å². The third kappa shape index (κ3) is 4.50. The smallest absolute Gasteiger partial charge is 0.269 e.